The summed E-state index contributed by atoms with van der Waals surface area (Å²) >= 11 is 1.07. The smallest absolute Gasteiger partial charge is 0.368 e. The van der Waals surface area contributed by atoms with Crippen LogP contribution < -0.4 is 11.5 Å². The number of carbonyl (C=O) groups is 3. The van der Waals surface area contributed by atoms with Crippen LogP contribution in [0.3, 0.4) is 0 Å². The number of hydrogen-bond donors (Lipinski definition) is 2. The summed E-state index contributed by atoms with van der Waals surface area (Å²) in [7, 11) is 0. The molecule has 4 N–H and O–H groups in total. The van der Waals surface area contributed by atoms with Crippen LogP contribution in [0.5, 0.6) is 0 Å². The number of alkyl halides is 3. The highest BCUT2D eigenvalue weighted by Gasteiger charge is 2.30. The van der Waals surface area contributed by atoms with Crippen molar-refractivity contribution < 1.29 is 27.6 Å². The maximum atomic E-state index is 12.8. The molecule has 11 heteroatoms. The van der Waals surface area contributed by atoms with E-state index in [0.717, 1.165) is 28.4 Å². The van der Waals surface area contributed by atoms with Crippen molar-refractivity contribution in [2.24, 2.45) is 11.5 Å². The van der Waals surface area contributed by atoms with Crippen molar-refractivity contribution in [2.75, 3.05) is 13.1 Å². The van der Waals surface area contributed by atoms with Crippen molar-refractivity contribution in [1.29, 1.82) is 0 Å². The van der Waals surface area contributed by atoms with Crippen LogP contribution in [0.15, 0.2) is 29.6 Å². The van der Waals surface area contributed by atoms with E-state index in [2.05, 4.69) is 4.98 Å². The first-order valence-electron chi connectivity index (χ1n) is 7.52. The van der Waals surface area contributed by atoms with Crippen molar-refractivity contribution in [3.63, 3.8) is 0 Å². The second-order valence-corrected chi connectivity index (χ2v) is 6.44. The molecule has 27 heavy (non-hydrogen) atoms. The number of nitrogens with two attached hydrogens (primary N) is 2. The van der Waals surface area contributed by atoms with Gasteiger partial charge in [0.2, 0.25) is 17.7 Å². The number of thiazole rings is 1. The van der Waals surface area contributed by atoms with E-state index in [4.69, 9.17) is 11.5 Å². The first kappa shape index (κ1) is 20.4. The van der Waals surface area contributed by atoms with Crippen LogP contribution in [0.4, 0.5) is 13.2 Å². The summed E-state index contributed by atoms with van der Waals surface area (Å²) < 4.78 is 38.4. The molecule has 1 aromatic heterocycles. The summed E-state index contributed by atoms with van der Waals surface area (Å²) in [6.07, 6.45) is -4.73. The van der Waals surface area contributed by atoms with Crippen LogP contribution in [0.2, 0.25) is 0 Å². The van der Waals surface area contributed by atoms with Gasteiger partial charge >= 0.3 is 6.18 Å². The zero-order chi connectivity index (χ0) is 20.2. The lowest BCUT2D eigenvalue weighted by atomic mass is 10.1. The van der Waals surface area contributed by atoms with Crippen molar-refractivity contribution >= 4 is 29.1 Å². The number of nitrogens with zero attached hydrogens (tertiary/aromatic N) is 2. The third kappa shape index (κ3) is 5.78. The summed E-state index contributed by atoms with van der Waals surface area (Å²) in [5, 5.41) is 1.82. The highest BCUT2D eigenvalue weighted by Crippen LogP contribution is 2.33. The number of aromatic nitrogens is 1. The summed E-state index contributed by atoms with van der Waals surface area (Å²) in [5.74, 6) is -2.23. The van der Waals surface area contributed by atoms with Crippen LogP contribution in [-0.4, -0.2) is 40.7 Å². The van der Waals surface area contributed by atoms with Crippen molar-refractivity contribution in [2.45, 2.75) is 12.6 Å². The number of hydrogen-bond acceptors (Lipinski definition) is 5. The molecule has 3 amide bonds. The van der Waals surface area contributed by atoms with Gasteiger partial charge in [-0.05, 0) is 12.1 Å². The Kier molecular flexibility index (Phi) is 6.16. The normalized spacial score (nSPS) is 11.2. The van der Waals surface area contributed by atoms with Crippen LogP contribution in [0.1, 0.15) is 11.3 Å². The third-order valence-electron chi connectivity index (χ3n) is 3.37. The SMILES string of the molecule is NC(=O)CN(CC(N)=O)C(=O)Cc1csc(-c2cccc(C(F)(F)F)c2)n1. The predicted octanol–water partition coefficient (Wildman–Crippen LogP) is 1.17. The summed E-state index contributed by atoms with van der Waals surface area (Å²) in [4.78, 5) is 39.3. The van der Waals surface area contributed by atoms with E-state index in [1.165, 1.54) is 17.5 Å². The van der Waals surface area contributed by atoms with Gasteiger partial charge < -0.3 is 16.4 Å². The second kappa shape index (κ2) is 8.16. The van der Waals surface area contributed by atoms with E-state index in [9.17, 15) is 27.6 Å². The maximum absolute atomic E-state index is 12.8. The Bertz CT molecular complexity index is 851. The minimum absolute atomic E-state index is 0.254. The standard InChI is InChI=1S/C16H15F3N4O3S/c17-16(18,19)10-3-1-2-9(4-10)15-22-11(8-27-15)5-14(26)23(6-12(20)24)7-13(21)25/h1-4,8H,5-7H2,(H2,20,24)(H2,21,25). The summed E-state index contributed by atoms with van der Waals surface area (Å²) in [5.41, 5.74) is 9.83. The highest BCUT2D eigenvalue weighted by atomic mass is 32.1. The molecule has 2 aromatic rings. The van der Waals surface area contributed by atoms with Gasteiger partial charge in [-0.1, -0.05) is 12.1 Å². The molecule has 1 aromatic carbocycles. The van der Waals surface area contributed by atoms with E-state index in [1.807, 2.05) is 0 Å². The number of carbonyl (C=O) groups excluding carboxylic acids is 3. The molecule has 0 aliphatic carbocycles. The Labute approximate surface area is 155 Å². The lowest BCUT2D eigenvalue weighted by molar-refractivity contribution is -0.137. The minimum Gasteiger partial charge on any atom is -0.368 e. The van der Waals surface area contributed by atoms with Crippen LogP contribution >= 0.6 is 11.3 Å². The van der Waals surface area contributed by atoms with Gasteiger partial charge in [-0.2, -0.15) is 13.2 Å². The van der Waals surface area contributed by atoms with Gasteiger partial charge in [0, 0.05) is 10.9 Å². The Balaban J connectivity index is 2.16. The monoisotopic (exact) mass is 400 g/mol. The zero-order valence-corrected chi connectivity index (χ0v) is 14.6. The average Bonchev–Trinajstić information content (AvgIpc) is 3.01. The first-order valence-corrected chi connectivity index (χ1v) is 8.40. The molecule has 0 bridgehead atoms. The molecule has 7 nitrogen and oxygen atoms in total. The fourth-order valence-corrected chi connectivity index (χ4v) is 3.04. The van der Waals surface area contributed by atoms with Gasteiger partial charge in [0.1, 0.15) is 5.01 Å². The number of rotatable bonds is 7. The molecule has 0 unspecified atom stereocenters. The van der Waals surface area contributed by atoms with E-state index in [-0.39, 0.29) is 17.7 Å². The van der Waals surface area contributed by atoms with E-state index in [1.54, 1.807) is 0 Å². The first-order chi connectivity index (χ1) is 12.6. The van der Waals surface area contributed by atoms with Crippen molar-refractivity contribution in [1.82, 2.24) is 9.88 Å². The molecule has 0 atom stereocenters. The van der Waals surface area contributed by atoms with E-state index >= 15 is 0 Å². The zero-order valence-electron chi connectivity index (χ0n) is 13.8. The number of halogens is 3. The van der Waals surface area contributed by atoms with Crippen molar-refractivity contribution in [3.05, 3.63) is 40.9 Å². The quantitative estimate of drug-likeness (QED) is 0.725. The molecule has 1 heterocycles. The van der Waals surface area contributed by atoms with Crippen LogP contribution in [-0.2, 0) is 27.0 Å². The molecule has 0 saturated heterocycles. The topological polar surface area (TPSA) is 119 Å². The largest absolute Gasteiger partial charge is 0.416 e. The van der Waals surface area contributed by atoms with Gasteiger partial charge in [0.05, 0.1) is 30.8 Å². The summed E-state index contributed by atoms with van der Waals surface area (Å²) in [6.45, 7) is -0.960. The Morgan fingerprint density at radius 3 is 2.30 bits per heavy atom. The Morgan fingerprint density at radius 1 is 1.11 bits per heavy atom. The third-order valence-corrected chi connectivity index (χ3v) is 4.31. The predicted molar refractivity (Wildman–Crippen MR) is 91.2 cm³/mol. The maximum Gasteiger partial charge on any atom is 0.416 e. The van der Waals surface area contributed by atoms with Gasteiger partial charge in [-0.3, -0.25) is 14.4 Å². The molecule has 0 aliphatic heterocycles. The molecular weight excluding hydrogens is 385 g/mol. The fraction of sp³-hybridized carbons (Fsp3) is 0.250. The molecule has 144 valence electrons. The van der Waals surface area contributed by atoms with Gasteiger partial charge in [0.25, 0.3) is 0 Å². The molecule has 0 aliphatic rings. The molecule has 0 saturated carbocycles. The van der Waals surface area contributed by atoms with E-state index in [0.29, 0.717) is 5.01 Å². The van der Waals surface area contributed by atoms with Gasteiger partial charge in [0.15, 0.2) is 0 Å². The average molecular weight is 400 g/mol. The summed E-state index contributed by atoms with van der Waals surface area (Å²) in [6, 6.07) is 4.67. The number of primary amides is 2. The molecule has 0 fully saturated rings. The van der Waals surface area contributed by atoms with Crippen LogP contribution in [0, 0.1) is 0 Å². The molecular formula is C16H15F3N4O3S. The van der Waals surface area contributed by atoms with Gasteiger partial charge in [-0.25, -0.2) is 4.98 Å². The molecule has 0 spiro atoms. The molecule has 0 radical (unpaired) electrons. The number of benzene rings is 1. The Hall–Kier alpha value is -2.95. The fourth-order valence-electron chi connectivity index (χ4n) is 2.22. The van der Waals surface area contributed by atoms with E-state index < -0.39 is 42.6 Å². The highest BCUT2D eigenvalue weighted by molar-refractivity contribution is 7.13. The lowest BCUT2D eigenvalue weighted by Gasteiger charge is -2.18. The second-order valence-electron chi connectivity index (χ2n) is 5.58. The minimum atomic E-state index is -4.48. The lowest BCUT2D eigenvalue weighted by Crippen LogP contribution is -2.44. The van der Waals surface area contributed by atoms with Crippen LogP contribution in [0.25, 0.3) is 10.6 Å². The Morgan fingerprint density at radius 2 is 1.74 bits per heavy atom. The van der Waals surface area contributed by atoms with Gasteiger partial charge in [-0.15, -0.1) is 11.3 Å². The number of amides is 3. The van der Waals surface area contributed by atoms with Crippen molar-refractivity contribution in [3.8, 4) is 10.6 Å². The molecule has 2 rings (SSSR count).